The highest BCUT2D eigenvalue weighted by Gasteiger charge is 2.02. The Morgan fingerprint density at radius 1 is 0.818 bits per heavy atom. The lowest BCUT2D eigenvalue weighted by atomic mass is 10.2. The van der Waals surface area contributed by atoms with Gasteiger partial charge in [0, 0.05) is 31.0 Å². The maximum absolute atomic E-state index is 11.4. The van der Waals surface area contributed by atoms with E-state index >= 15 is 0 Å². The zero-order valence-corrected chi connectivity index (χ0v) is 15.2. The molecule has 0 saturated carbocycles. The third kappa shape index (κ3) is 18.1. The van der Waals surface area contributed by atoms with Gasteiger partial charge in [0.15, 0.2) is 6.79 Å². The molecular formula is C15H32N2O3S2. The summed E-state index contributed by atoms with van der Waals surface area (Å²) < 4.78 is 10.3. The number of hydrogen-bond donors (Lipinski definition) is 2. The first-order chi connectivity index (χ1) is 10.8. The van der Waals surface area contributed by atoms with Gasteiger partial charge < -0.3 is 20.9 Å². The Morgan fingerprint density at radius 3 is 2.09 bits per heavy atom. The summed E-state index contributed by atoms with van der Waals surface area (Å²) in [5.74, 6) is 4.09. The van der Waals surface area contributed by atoms with Crippen LogP contribution in [0, 0.1) is 0 Å². The molecule has 0 aliphatic rings. The van der Waals surface area contributed by atoms with Gasteiger partial charge in [0.05, 0.1) is 6.61 Å². The Morgan fingerprint density at radius 2 is 1.45 bits per heavy atom. The van der Waals surface area contributed by atoms with Gasteiger partial charge in [0.1, 0.15) is 0 Å². The summed E-state index contributed by atoms with van der Waals surface area (Å²) in [4.78, 5) is 11.4. The molecule has 0 unspecified atom stereocenters. The van der Waals surface area contributed by atoms with Crippen LogP contribution in [0.4, 0.5) is 0 Å². The van der Waals surface area contributed by atoms with Crippen molar-refractivity contribution in [2.45, 2.75) is 38.5 Å². The van der Waals surface area contributed by atoms with Crippen molar-refractivity contribution in [3.8, 4) is 0 Å². The summed E-state index contributed by atoms with van der Waals surface area (Å²) >= 11 is 3.73. The van der Waals surface area contributed by atoms with Crippen LogP contribution in [-0.2, 0) is 14.3 Å². The van der Waals surface area contributed by atoms with Gasteiger partial charge in [-0.15, -0.1) is 0 Å². The van der Waals surface area contributed by atoms with Crippen LogP contribution in [0.5, 0.6) is 0 Å². The number of esters is 1. The Balaban J connectivity index is 3.12. The summed E-state index contributed by atoms with van der Waals surface area (Å²) in [5, 5.41) is 0. The van der Waals surface area contributed by atoms with Gasteiger partial charge in [-0.3, -0.25) is 4.79 Å². The van der Waals surface area contributed by atoms with E-state index in [9.17, 15) is 4.79 Å². The van der Waals surface area contributed by atoms with Gasteiger partial charge in [0.25, 0.3) is 0 Å². The van der Waals surface area contributed by atoms with Crippen molar-refractivity contribution in [1.29, 1.82) is 0 Å². The van der Waals surface area contributed by atoms with Crippen LogP contribution in [0.1, 0.15) is 38.5 Å². The normalized spacial score (nSPS) is 10.8. The highest BCUT2D eigenvalue weighted by Crippen LogP contribution is 2.07. The number of rotatable bonds is 17. The van der Waals surface area contributed by atoms with E-state index < -0.39 is 0 Å². The fourth-order valence-electron chi connectivity index (χ4n) is 1.67. The zero-order valence-electron chi connectivity index (χ0n) is 13.6. The second-order valence-corrected chi connectivity index (χ2v) is 7.31. The standard InChI is InChI=1S/C15H32N2O3S2/c16-7-12-21-10-4-1-3-9-19-14-20-15(18)6-2-5-11-22-13-8-17/h1-14,16-17H2. The summed E-state index contributed by atoms with van der Waals surface area (Å²) in [5.41, 5.74) is 10.8. The van der Waals surface area contributed by atoms with Crippen molar-refractivity contribution in [2.24, 2.45) is 11.5 Å². The average Bonchev–Trinajstić information content (AvgIpc) is 2.52. The number of hydrogen-bond acceptors (Lipinski definition) is 7. The van der Waals surface area contributed by atoms with E-state index in [4.69, 9.17) is 20.9 Å². The molecule has 0 aliphatic carbocycles. The highest BCUT2D eigenvalue weighted by molar-refractivity contribution is 7.99. The number of carbonyl (C=O) groups excluding carboxylic acids is 1. The van der Waals surface area contributed by atoms with Crippen molar-refractivity contribution < 1.29 is 14.3 Å². The number of nitrogens with two attached hydrogens (primary N) is 2. The van der Waals surface area contributed by atoms with Crippen molar-refractivity contribution in [1.82, 2.24) is 0 Å². The molecule has 0 aromatic carbocycles. The van der Waals surface area contributed by atoms with Gasteiger partial charge in [0.2, 0.25) is 0 Å². The molecule has 0 fully saturated rings. The van der Waals surface area contributed by atoms with Crippen LogP contribution in [0.3, 0.4) is 0 Å². The van der Waals surface area contributed by atoms with Crippen LogP contribution in [-0.4, -0.2) is 55.5 Å². The van der Waals surface area contributed by atoms with E-state index in [1.165, 1.54) is 6.42 Å². The Kier molecular flexibility index (Phi) is 19.1. The van der Waals surface area contributed by atoms with Crippen LogP contribution in [0.2, 0.25) is 0 Å². The van der Waals surface area contributed by atoms with Gasteiger partial charge in [-0.1, -0.05) is 6.42 Å². The quantitative estimate of drug-likeness (QED) is 0.236. The lowest BCUT2D eigenvalue weighted by Crippen LogP contribution is -2.09. The molecule has 22 heavy (non-hydrogen) atoms. The van der Waals surface area contributed by atoms with E-state index in [1.54, 1.807) is 0 Å². The number of unbranched alkanes of at least 4 members (excludes halogenated alkanes) is 3. The first kappa shape index (κ1) is 22.1. The maximum Gasteiger partial charge on any atom is 0.307 e. The fourth-order valence-corrected chi connectivity index (χ4v) is 3.23. The topological polar surface area (TPSA) is 87.6 Å². The molecule has 0 bridgehead atoms. The molecule has 132 valence electrons. The molecule has 0 saturated heterocycles. The lowest BCUT2D eigenvalue weighted by Gasteiger charge is -2.06. The summed E-state index contributed by atoms with van der Waals surface area (Å²) in [6, 6.07) is 0. The SMILES string of the molecule is NCCSCCCCCOCOC(=O)CCCCSCCN. The molecular weight excluding hydrogens is 320 g/mol. The summed E-state index contributed by atoms with van der Waals surface area (Å²) in [7, 11) is 0. The summed E-state index contributed by atoms with van der Waals surface area (Å²) in [6.45, 7) is 2.22. The molecule has 4 N–H and O–H groups in total. The monoisotopic (exact) mass is 352 g/mol. The molecule has 0 spiro atoms. The minimum absolute atomic E-state index is 0.0860. The third-order valence-electron chi connectivity index (χ3n) is 2.82. The molecule has 0 rings (SSSR count). The first-order valence-electron chi connectivity index (χ1n) is 8.10. The van der Waals surface area contributed by atoms with Crippen LogP contribution in [0.15, 0.2) is 0 Å². The minimum Gasteiger partial charge on any atom is -0.438 e. The van der Waals surface area contributed by atoms with Crippen molar-refractivity contribution in [3.63, 3.8) is 0 Å². The first-order valence-corrected chi connectivity index (χ1v) is 10.4. The molecule has 7 heteroatoms. The molecule has 5 nitrogen and oxygen atoms in total. The van der Waals surface area contributed by atoms with Gasteiger partial charge in [-0.25, -0.2) is 0 Å². The molecule has 0 heterocycles. The number of carbonyl (C=O) groups is 1. The van der Waals surface area contributed by atoms with Crippen molar-refractivity contribution in [3.05, 3.63) is 0 Å². The lowest BCUT2D eigenvalue weighted by molar-refractivity contribution is -0.156. The smallest absolute Gasteiger partial charge is 0.307 e. The van der Waals surface area contributed by atoms with Gasteiger partial charge >= 0.3 is 5.97 Å². The molecule has 0 aromatic heterocycles. The summed E-state index contributed by atoms with van der Waals surface area (Å²) in [6.07, 6.45) is 5.73. The molecule has 0 aliphatic heterocycles. The Bertz CT molecular complexity index is 247. The van der Waals surface area contributed by atoms with Crippen LogP contribution >= 0.6 is 23.5 Å². The molecule has 0 amide bonds. The number of ether oxygens (including phenoxy) is 2. The molecule has 0 aromatic rings. The van der Waals surface area contributed by atoms with Gasteiger partial charge in [-0.05, 0) is 37.2 Å². The predicted molar refractivity (Wildman–Crippen MR) is 97.4 cm³/mol. The second kappa shape index (κ2) is 19.1. The second-order valence-electron chi connectivity index (χ2n) is 4.86. The number of thioether (sulfide) groups is 2. The predicted octanol–water partition coefficient (Wildman–Crippen LogP) is 2.23. The van der Waals surface area contributed by atoms with Gasteiger partial charge in [-0.2, -0.15) is 23.5 Å². The highest BCUT2D eigenvalue weighted by atomic mass is 32.2. The molecule has 0 atom stereocenters. The Labute approximate surface area is 143 Å². The van der Waals surface area contributed by atoms with E-state index in [1.807, 2.05) is 23.5 Å². The van der Waals surface area contributed by atoms with Crippen LogP contribution in [0.25, 0.3) is 0 Å². The largest absolute Gasteiger partial charge is 0.438 e. The van der Waals surface area contributed by atoms with Crippen molar-refractivity contribution >= 4 is 29.5 Å². The minimum atomic E-state index is -0.165. The van der Waals surface area contributed by atoms with Crippen LogP contribution < -0.4 is 11.5 Å². The molecule has 0 radical (unpaired) electrons. The Hall–Kier alpha value is 0.0500. The van der Waals surface area contributed by atoms with E-state index in [-0.39, 0.29) is 12.8 Å². The fraction of sp³-hybridized carbons (Fsp3) is 0.933. The maximum atomic E-state index is 11.4. The van der Waals surface area contributed by atoms with E-state index in [0.717, 1.165) is 61.8 Å². The van der Waals surface area contributed by atoms with E-state index in [0.29, 0.717) is 13.0 Å². The third-order valence-corrected chi connectivity index (χ3v) is 5.03. The zero-order chi connectivity index (χ0) is 16.3. The van der Waals surface area contributed by atoms with Crippen molar-refractivity contribution in [2.75, 3.05) is 49.5 Å². The average molecular weight is 353 g/mol. The van der Waals surface area contributed by atoms with E-state index in [2.05, 4.69) is 0 Å².